The van der Waals surface area contributed by atoms with E-state index in [-0.39, 0.29) is 11.7 Å². The lowest BCUT2D eigenvalue weighted by Gasteiger charge is -2.26. The van der Waals surface area contributed by atoms with E-state index in [0.29, 0.717) is 26.3 Å². The molecule has 1 saturated heterocycles. The van der Waals surface area contributed by atoms with Crippen LogP contribution in [0.5, 0.6) is 0 Å². The van der Waals surface area contributed by atoms with E-state index < -0.39 is 11.7 Å². The minimum absolute atomic E-state index is 0.212. The Morgan fingerprint density at radius 1 is 1.32 bits per heavy atom. The van der Waals surface area contributed by atoms with E-state index in [2.05, 4.69) is 11.4 Å². The molecule has 103 valence electrons. The summed E-state index contributed by atoms with van der Waals surface area (Å²) in [6.07, 6.45) is -4.40. The Morgan fingerprint density at radius 2 is 2.00 bits per heavy atom. The van der Waals surface area contributed by atoms with Gasteiger partial charge in [-0.15, -0.1) is 0 Å². The van der Waals surface area contributed by atoms with Crippen LogP contribution in [0.4, 0.5) is 23.7 Å². The summed E-state index contributed by atoms with van der Waals surface area (Å²) >= 11 is 0. The zero-order chi connectivity index (χ0) is 13.9. The van der Waals surface area contributed by atoms with Crippen molar-refractivity contribution in [3.05, 3.63) is 29.8 Å². The van der Waals surface area contributed by atoms with Gasteiger partial charge in [-0.1, -0.05) is 0 Å². The molecule has 0 aromatic heterocycles. The number of urea groups is 1. The Hall–Kier alpha value is -1.76. The second kappa shape index (κ2) is 5.48. The van der Waals surface area contributed by atoms with E-state index in [1.807, 2.05) is 0 Å². The molecule has 7 heteroatoms. The standard InChI is InChI=1S/C12H12F3N2O2/c13-12(14,15)9-1-3-10(4-2-9)16-11(18)17-5-7-19-8-6-17/h1-3H,5-8H2,(H,16,18). The van der Waals surface area contributed by atoms with Gasteiger partial charge >= 0.3 is 12.2 Å². The van der Waals surface area contributed by atoms with Crippen molar-refractivity contribution >= 4 is 11.7 Å². The van der Waals surface area contributed by atoms with Crippen molar-refractivity contribution in [2.75, 3.05) is 31.6 Å². The van der Waals surface area contributed by atoms with Crippen molar-refractivity contribution in [1.82, 2.24) is 4.90 Å². The lowest BCUT2D eigenvalue weighted by molar-refractivity contribution is -0.137. The summed E-state index contributed by atoms with van der Waals surface area (Å²) in [5, 5.41) is 2.50. The quantitative estimate of drug-likeness (QED) is 0.853. The molecule has 4 nitrogen and oxygen atoms in total. The molecule has 1 aromatic carbocycles. The molecular weight excluding hydrogens is 261 g/mol. The van der Waals surface area contributed by atoms with Crippen LogP contribution in [-0.2, 0) is 10.9 Å². The van der Waals surface area contributed by atoms with Crippen LogP contribution in [0.15, 0.2) is 18.2 Å². The van der Waals surface area contributed by atoms with Crippen molar-refractivity contribution in [2.45, 2.75) is 6.18 Å². The Labute approximate surface area is 108 Å². The van der Waals surface area contributed by atoms with Crippen molar-refractivity contribution in [1.29, 1.82) is 0 Å². The number of nitrogens with zero attached hydrogens (tertiary/aromatic N) is 1. The number of hydrogen-bond acceptors (Lipinski definition) is 2. The molecule has 0 aliphatic carbocycles. The van der Waals surface area contributed by atoms with Crippen molar-refractivity contribution in [3.63, 3.8) is 0 Å². The van der Waals surface area contributed by atoms with Gasteiger partial charge in [-0.3, -0.25) is 0 Å². The lowest BCUT2D eigenvalue weighted by atomic mass is 10.2. The average molecular weight is 273 g/mol. The van der Waals surface area contributed by atoms with E-state index in [0.717, 1.165) is 12.1 Å². The van der Waals surface area contributed by atoms with Gasteiger partial charge in [0.15, 0.2) is 0 Å². The third kappa shape index (κ3) is 3.60. The van der Waals surface area contributed by atoms with Gasteiger partial charge in [-0.05, 0) is 18.2 Å². The van der Waals surface area contributed by atoms with E-state index in [1.165, 1.54) is 11.0 Å². The number of amides is 2. The number of carbonyl (C=O) groups is 1. The van der Waals surface area contributed by atoms with Crippen LogP contribution in [0.3, 0.4) is 0 Å². The highest BCUT2D eigenvalue weighted by atomic mass is 19.4. The molecule has 0 bridgehead atoms. The van der Waals surface area contributed by atoms with Gasteiger partial charge in [-0.25, -0.2) is 4.79 Å². The molecule has 2 amide bonds. The molecule has 1 radical (unpaired) electrons. The number of morpholine rings is 1. The number of anilines is 1. The molecule has 2 rings (SSSR count). The maximum absolute atomic E-state index is 12.3. The number of ether oxygens (including phenoxy) is 1. The topological polar surface area (TPSA) is 41.6 Å². The molecule has 0 unspecified atom stereocenters. The van der Waals surface area contributed by atoms with E-state index in [4.69, 9.17) is 4.74 Å². The third-order valence-corrected chi connectivity index (χ3v) is 2.68. The van der Waals surface area contributed by atoms with Crippen LogP contribution in [0, 0.1) is 6.07 Å². The summed E-state index contributed by atoms with van der Waals surface area (Å²) in [5.74, 6) is 0. The number of nitrogens with one attached hydrogen (secondary N) is 1. The Balaban J connectivity index is 1.97. The highest BCUT2D eigenvalue weighted by Gasteiger charge is 2.30. The first-order valence-electron chi connectivity index (χ1n) is 5.69. The predicted molar refractivity (Wildman–Crippen MR) is 61.7 cm³/mol. The summed E-state index contributed by atoms with van der Waals surface area (Å²) in [4.78, 5) is 13.3. The molecule has 0 atom stereocenters. The van der Waals surface area contributed by atoms with Crippen LogP contribution in [0.2, 0.25) is 0 Å². The first kappa shape index (κ1) is 13.7. The van der Waals surface area contributed by atoms with Gasteiger partial charge in [-0.2, -0.15) is 13.2 Å². The molecule has 1 aliphatic heterocycles. The molecule has 1 fully saturated rings. The van der Waals surface area contributed by atoms with Crippen molar-refractivity contribution < 1.29 is 22.7 Å². The predicted octanol–water partition coefficient (Wildman–Crippen LogP) is 2.37. The monoisotopic (exact) mass is 273 g/mol. The van der Waals surface area contributed by atoms with Crippen LogP contribution < -0.4 is 5.32 Å². The summed E-state index contributed by atoms with van der Waals surface area (Å²) in [5.41, 5.74) is -0.582. The highest BCUT2D eigenvalue weighted by molar-refractivity contribution is 5.89. The first-order valence-corrected chi connectivity index (χ1v) is 5.69. The fraction of sp³-hybridized carbons (Fsp3) is 0.417. The van der Waals surface area contributed by atoms with E-state index in [1.54, 1.807) is 0 Å². The summed E-state index contributed by atoms with van der Waals surface area (Å²) < 4.78 is 42.1. The molecule has 1 aliphatic rings. The number of alkyl halides is 3. The maximum atomic E-state index is 12.3. The SMILES string of the molecule is O=C(Nc1[c]cc(C(F)(F)F)cc1)N1CCOCC1. The highest BCUT2D eigenvalue weighted by Crippen LogP contribution is 2.29. The van der Waals surface area contributed by atoms with E-state index >= 15 is 0 Å². The van der Waals surface area contributed by atoms with Crippen LogP contribution in [0.1, 0.15) is 5.56 Å². The van der Waals surface area contributed by atoms with Crippen molar-refractivity contribution in [2.24, 2.45) is 0 Å². The maximum Gasteiger partial charge on any atom is 0.416 e. The Morgan fingerprint density at radius 3 is 2.53 bits per heavy atom. The summed E-state index contributed by atoms with van der Waals surface area (Å²) in [6.45, 7) is 1.85. The van der Waals surface area contributed by atoms with Gasteiger partial charge in [0.2, 0.25) is 0 Å². The number of carbonyl (C=O) groups excluding carboxylic acids is 1. The molecule has 1 heterocycles. The Bertz CT molecular complexity index is 439. The van der Waals surface area contributed by atoms with Gasteiger partial charge in [0.1, 0.15) is 0 Å². The molecule has 0 saturated carbocycles. The molecule has 1 aromatic rings. The van der Waals surface area contributed by atoms with Crippen LogP contribution in [-0.4, -0.2) is 37.2 Å². The zero-order valence-electron chi connectivity index (χ0n) is 9.96. The van der Waals surface area contributed by atoms with Gasteiger partial charge < -0.3 is 15.0 Å². The van der Waals surface area contributed by atoms with Gasteiger partial charge in [0.05, 0.1) is 24.5 Å². The number of benzene rings is 1. The normalized spacial score (nSPS) is 16.3. The number of halogens is 3. The smallest absolute Gasteiger partial charge is 0.378 e. The van der Waals surface area contributed by atoms with Gasteiger partial charge in [0, 0.05) is 19.2 Å². The van der Waals surface area contributed by atoms with Crippen molar-refractivity contribution in [3.8, 4) is 0 Å². The van der Waals surface area contributed by atoms with Crippen LogP contribution >= 0.6 is 0 Å². The largest absolute Gasteiger partial charge is 0.416 e. The lowest BCUT2D eigenvalue weighted by Crippen LogP contribution is -2.43. The first-order chi connectivity index (χ1) is 8.97. The minimum atomic E-state index is -4.40. The number of hydrogen-bond donors (Lipinski definition) is 1. The van der Waals surface area contributed by atoms with Gasteiger partial charge in [0.25, 0.3) is 0 Å². The minimum Gasteiger partial charge on any atom is -0.378 e. The second-order valence-corrected chi connectivity index (χ2v) is 4.02. The molecule has 1 N–H and O–H groups in total. The molecule has 19 heavy (non-hydrogen) atoms. The summed E-state index contributed by atoms with van der Waals surface area (Å²) in [6, 6.07) is 4.95. The summed E-state index contributed by atoms with van der Waals surface area (Å²) in [7, 11) is 0. The number of rotatable bonds is 1. The fourth-order valence-corrected chi connectivity index (χ4v) is 1.64. The average Bonchev–Trinajstić information content (AvgIpc) is 2.39. The third-order valence-electron chi connectivity index (χ3n) is 2.68. The van der Waals surface area contributed by atoms with Crippen LogP contribution in [0.25, 0.3) is 0 Å². The van der Waals surface area contributed by atoms with E-state index in [9.17, 15) is 18.0 Å². The second-order valence-electron chi connectivity index (χ2n) is 4.02. The molecular formula is C12H12F3N2O2. The fourth-order valence-electron chi connectivity index (χ4n) is 1.64. The molecule has 0 spiro atoms. The zero-order valence-corrected chi connectivity index (χ0v) is 9.96. The Kier molecular flexibility index (Phi) is 3.94.